The van der Waals surface area contributed by atoms with Crippen molar-refractivity contribution < 1.29 is 18.9 Å². The molecule has 4 nitrogen and oxygen atoms in total. The van der Waals surface area contributed by atoms with Gasteiger partial charge in [-0.05, 0) is 77.5 Å². The average Bonchev–Trinajstić information content (AvgIpc) is 2.67. The van der Waals surface area contributed by atoms with Crippen molar-refractivity contribution in [1.82, 2.24) is 0 Å². The first-order valence-electron chi connectivity index (χ1n) is 10.6. The second-order valence-corrected chi connectivity index (χ2v) is 9.58. The molecule has 2 aliphatic carbocycles. The summed E-state index contributed by atoms with van der Waals surface area (Å²) in [7, 11) is 0. The zero-order valence-electron chi connectivity index (χ0n) is 16.9. The molecule has 0 bridgehead atoms. The Morgan fingerprint density at radius 3 is 1.46 bits per heavy atom. The highest BCUT2D eigenvalue weighted by molar-refractivity contribution is 9.11. The van der Waals surface area contributed by atoms with Crippen molar-refractivity contribution in [2.24, 2.45) is 0 Å². The summed E-state index contributed by atoms with van der Waals surface area (Å²) in [6.07, 6.45) is 12.1. The molecule has 2 saturated carbocycles. The Hall–Kier alpha value is -0.300. The largest absolute Gasteiger partial charge is 0.464 e. The first-order valence-corrected chi connectivity index (χ1v) is 12.2. The molecule has 1 aromatic carbocycles. The molecule has 0 heterocycles. The van der Waals surface area contributed by atoms with E-state index in [1.807, 2.05) is 26.0 Å². The van der Waals surface area contributed by atoms with E-state index in [0.717, 1.165) is 34.6 Å². The van der Waals surface area contributed by atoms with E-state index in [1.165, 1.54) is 38.5 Å². The number of rotatable bonds is 8. The van der Waals surface area contributed by atoms with E-state index in [9.17, 15) is 0 Å². The molecule has 3 rings (SSSR count). The fourth-order valence-corrected chi connectivity index (χ4v) is 5.23. The summed E-state index contributed by atoms with van der Waals surface area (Å²) in [6.45, 7) is 3.91. The number of hydrogen-bond donors (Lipinski definition) is 0. The lowest BCUT2D eigenvalue weighted by Crippen LogP contribution is -2.27. The van der Waals surface area contributed by atoms with Gasteiger partial charge in [-0.3, -0.25) is 0 Å². The van der Waals surface area contributed by atoms with Crippen LogP contribution in [0.3, 0.4) is 0 Å². The summed E-state index contributed by atoms with van der Waals surface area (Å²) in [6, 6.07) is 3.85. The molecule has 0 N–H and O–H groups in total. The summed E-state index contributed by atoms with van der Waals surface area (Å²) < 4.78 is 26.0. The van der Waals surface area contributed by atoms with E-state index in [1.54, 1.807) is 0 Å². The maximum Gasteiger partial charge on any atom is 0.197 e. The third kappa shape index (κ3) is 6.89. The van der Waals surface area contributed by atoms with Crippen LogP contribution < -0.4 is 9.47 Å². The highest BCUT2D eigenvalue weighted by Crippen LogP contribution is 2.38. The van der Waals surface area contributed by atoms with Crippen LogP contribution in [-0.2, 0) is 9.47 Å². The Balaban J connectivity index is 1.57. The SMILES string of the molecule is CC(Oc1cc(OC(C)OC2CCCCC2)c(Br)cc1Br)OC1CCCCC1. The van der Waals surface area contributed by atoms with Gasteiger partial charge in [-0.2, -0.15) is 0 Å². The van der Waals surface area contributed by atoms with Crippen LogP contribution in [0.25, 0.3) is 0 Å². The van der Waals surface area contributed by atoms with Crippen molar-refractivity contribution in [1.29, 1.82) is 0 Å². The summed E-state index contributed by atoms with van der Waals surface area (Å²) in [5.74, 6) is 1.43. The van der Waals surface area contributed by atoms with E-state index in [2.05, 4.69) is 31.9 Å². The summed E-state index contributed by atoms with van der Waals surface area (Å²) in [5.41, 5.74) is 0. The van der Waals surface area contributed by atoms with Crippen molar-refractivity contribution >= 4 is 31.9 Å². The van der Waals surface area contributed by atoms with Crippen LogP contribution >= 0.6 is 31.9 Å². The lowest BCUT2D eigenvalue weighted by Gasteiger charge is -2.27. The molecule has 28 heavy (non-hydrogen) atoms. The molecule has 0 amide bonds. The van der Waals surface area contributed by atoms with Crippen molar-refractivity contribution in [3.63, 3.8) is 0 Å². The van der Waals surface area contributed by atoms with E-state index in [-0.39, 0.29) is 12.6 Å². The van der Waals surface area contributed by atoms with Gasteiger partial charge < -0.3 is 18.9 Å². The fourth-order valence-electron chi connectivity index (χ4n) is 4.05. The van der Waals surface area contributed by atoms with Crippen molar-refractivity contribution in [3.05, 3.63) is 21.1 Å². The molecule has 158 valence electrons. The smallest absolute Gasteiger partial charge is 0.197 e. The highest BCUT2D eigenvalue weighted by Gasteiger charge is 2.21. The highest BCUT2D eigenvalue weighted by atomic mass is 79.9. The molecule has 2 unspecified atom stereocenters. The Labute approximate surface area is 185 Å². The molecule has 2 aliphatic rings. The topological polar surface area (TPSA) is 36.9 Å². The second-order valence-electron chi connectivity index (χ2n) is 7.88. The van der Waals surface area contributed by atoms with Gasteiger partial charge in [-0.1, -0.05) is 38.5 Å². The minimum atomic E-state index is -0.302. The van der Waals surface area contributed by atoms with Gasteiger partial charge in [-0.15, -0.1) is 0 Å². The van der Waals surface area contributed by atoms with Crippen LogP contribution in [0.5, 0.6) is 11.5 Å². The number of halogens is 2. The van der Waals surface area contributed by atoms with Crippen LogP contribution in [0.2, 0.25) is 0 Å². The van der Waals surface area contributed by atoms with Gasteiger partial charge in [0.25, 0.3) is 0 Å². The quantitative estimate of drug-likeness (QED) is 0.336. The van der Waals surface area contributed by atoms with E-state index >= 15 is 0 Å². The second kappa shape index (κ2) is 11.2. The molecular formula is C22H32Br2O4. The minimum absolute atomic E-state index is 0.302. The Kier molecular flexibility index (Phi) is 8.95. The van der Waals surface area contributed by atoms with Gasteiger partial charge >= 0.3 is 0 Å². The molecule has 0 radical (unpaired) electrons. The molecule has 2 atom stereocenters. The van der Waals surface area contributed by atoms with Crippen molar-refractivity contribution in [2.75, 3.05) is 0 Å². The van der Waals surface area contributed by atoms with Gasteiger partial charge in [-0.25, -0.2) is 0 Å². The van der Waals surface area contributed by atoms with Gasteiger partial charge in [0.15, 0.2) is 12.6 Å². The zero-order valence-corrected chi connectivity index (χ0v) is 20.1. The minimum Gasteiger partial charge on any atom is -0.464 e. The number of ether oxygens (including phenoxy) is 4. The standard InChI is InChI=1S/C22H32Br2O4/c1-15(25-17-9-5-3-6-10-17)27-21-14-22(20(24)13-19(21)23)28-16(2)26-18-11-7-4-8-12-18/h13-18H,3-12H2,1-2H3. The Bertz CT molecular complexity index is 564. The Morgan fingerprint density at radius 2 is 1.07 bits per heavy atom. The van der Waals surface area contributed by atoms with Gasteiger partial charge in [0.05, 0.1) is 21.2 Å². The third-order valence-electron chi connectivity index (χ3n) is 5.44. The number of hydrogen-bond acceptors (Lipinski definition) is 4. The average molecular weight is 520 g/mol. The maximum atomic E-state index is 6.08. The van der Waals surface area contributed by atoms with E-state index in [0.29, 0.717) is 23.7 Å². The molecule has 6 heteroatoms. The summed E-state index contributed by atoms with van der Waals surface area (Å²) in [4.78, 5) is 0. The lowest BCUT2D eigenvalue weighted by atomic mass is 9.98. The molecule has 2 fully saturated rings. The zero-order chi connectivity index (χ0) is 19.9. The van der Waals surface area contributed by atoms with Crippen LogP contribution in [0.15, 0.2) is 21.1 Å². The molecule has 0 aromatic heterocycles. The van der Waals surface area contributed by atoms with Crippen LogP contribution in [-0.4, -0.2) is 24.8 Å². The van der Waals surface area contributed by atoms with Crippen LogP contribution in [0.4, 0.5) is 0 Å². The number of benzene rings is 1. The molecule has 0 aliphatic heterocycles. The molecular weight excluding hydrogens is 488 g/mol. The summed E-state index contributed by atoms with van der Waals surface area (Å²) >= 11 is 7.17. The van der Waals surface area contributed by atoms with Gasteiger partial charge in [0.2, 0.25) is 0 Å². The first kappa shape index (κ1) is 22.4. The summed E-state index contributed by atoms with van der Waals surface area (Å²) in [5, 5.41) is 0. The van der Waals surface area contributed by atoms with E-state index < -0.39 is 0 Å². The molecule has 0 saturated heterocycles. The van der Waals surface area contributed by atoms with Crippen LogP contribution in [0, 0.1) is 0 Å². The van der Waals surface area contributed by atoms with Crippen molar-refractivity contribution in [2.45, 2.75) is 103 Å². The molecule has 1 aromatic rings. The maximum absolute atomic E-state index is 6.08. The predicted molar refractivity (Wildman–Crippen MR) is 118 cm³/mol. The Morgan fingerprint density at radius 1 is 0.679 bits per heavy atom. The van der Waals surface area contributed by atoms with Crippen LogP contribution in [0.1, 0.15) is 78.1 Å². The predicted octanol–water partition coefficient (Wildman–Crippen LogP) is 7.36. The first-order chi connectivity index (χ1) is 13.5. The lowest BCUT2D eigenvalue weighted by molar-refractivity contribution is -0.119. The van der Waals surface area contributed by atoms with E-state index in [4.69, 9.17) is 18.9 Å². The van der Waals surface area contributed by atoms with Crippen molar-refractivity contribution in [3.8, 4) is 11.5 Å². The van der Waals surface area contributed by atoms with Gasteiger partial charge in [0.1, 0.15) is 11.5 Å². The third-order valence-corrected chi connectivity index (χ3v) is 6.68. The normalized spacial score (nSPS) is 21.3. The fraction of sp³-hybridized carbons (Fsp3) is 0.727. The van der Waals surface area contributed by atoms with Gasteiger partial charge in [0, 0.05) is 6.07 Å². The molecule has 0 spiro atoms. The monoisotopic (exact) mass is 518 g/mol.